The number of pyridine rings is 1. The van der Waals surface area contributed by atoms with Gasteiger partial charge >= 0.3 is 0 Å². The van der Waals surface area contributed by atoms with Gasteiger partial charge in [0.05, 0.1) is 16.5 Å². The number of aryl methyl sites for hydroxylation is 2. The van der Waals surface area contributed by atoms with Crippen LogP contribution in [0.4, 0.5) is 5.69 Å². The highest BCUT2D eigenvalue weighted by atomic mass is 32.2. The van der Waals surface area contributed by atoms with Gasteiger partial charge in [-0.05, 0) is 84.8 Å². The van der Waals surface area contributed by atoms with Crippen LogP contribution in [0.5, 0.6) is 0 Å². The lowest BCUT2D eigenvalue weighted by Gasteiger charge is -2.25. The average molecular weight is 490 g/mol. The number of carbonyl (C=O) groups excluding carboxylic acids is 2. The third-order valence-corrected chi connectivity index (χ3v) is 7.46. The smallest absolute Gasteiger partial charge is 0.300 e. The molecule has 2 aromatic carbocycles. The molecule has 3 aromatic rings. The minimum Gasteiger partial charge on any atom is -0.507 e. The van der Waals surface area contributed by atoms with Crippen LogP contribution in [-0.4, -0.2) is 30.2 Å². The van der Waals surface area contributed by atoms with Gasteiger partial charge in [0.2, 0.25) is 10.0 Å². The molecule has 2 heterocycles. The molecule has 1 aliphatic carbocycles. The lowest BCUT2D eigenvalue weighted by atomic mass is 9.89. The molecular formula is C26H23N3O5S. The Kier molecular flexibility index (Phi) is 5.74. The summed E-state index contributed by atoms with van der Waals surface area (Å²) < 4.78 is 23.3. The zero-order chi connectivity index (χ0) is 24.7. The predicted octanol–water partition coefficient (Wildman–Crippen LogP) is 3.23. The second-order valence-corrected chi connectivity index (χ2v) is 10.2. The minimum atomic E-state index is -3.93. The number of hydrogen-bond donors (Lipinski definition) is 2. The Balaban J connectivity index is 1.66. The molecule has 35 heavy (non-hydrogen) atoms. The number of rotatable bonds is 4. The van der Waals surface area contributed by atoms with Crippen LogP contribution >= 0.6 is 0 Å². The molecule has 2 aliphatic rings. The van der Waals surface area contributed by atoms with Gasteiger partial charge in [0, 0.05) is 23.6 Å². The number of hydrogen-bond acceptors (Lipinski definition) is 6. The number of aromatic nitrogens is 1. The Morgan fingerprint density at radius 3 is 2.26 bits per heavy atom. The van der Waals surface area contributed by atoms with E-state index in [0.717, 1.165) is 31.2 Å². The van der Waals surface area contributed by atoms with Gasteiger partial charge in [0.25, 0.3) is 11.7 Å². The van der Waals surface area contributed by atoms with Crippen LogP contribution in [0.1, 0.15) is 41.1 Å². The summed E-state index contributed by atoms with van der Waals surface area (Å²) in [6.45, 7) is 0. The molecule has 1 aromatic heterocycles. The first-order chi connectivity index (χ1) is 16.8. The van der Waals surface area contributed by atoms with Gasteiger partial charge in [-0.2, -0.15) is 0 Å². The molecule has 5 rings (SSSR count). The van der Waals surface area contributed by atoms with E-state index >= 15 is 0 Å². The summed E-state index contributed by atoms with van der Waals surface area (Å²) in [5, 5.41) is 16.5. The maximum atomic E-state index is 13.3. The number of aliphatic hydroxyl groups excluding tert-OH is 1. The monoisotopic (exact) mass is 489 g/mol. The first-order valence-electron chi connectivity index (χ1n) is 11.2. The Bertz CT molecular complexity index is 1460. The largest absolute Gasteiger partial charge is 0.507 e. The van der Waals surface area contributed by atoms with Crippen molar-refractivity contribution < 1.29 is 23.1 Å². The van der Waals surface area contributed by atoms with E-state index in [0.29, 0.717) is 16.8 Å². The van der Waals surface area contributed by atoms with Crippen molar-refractivity contribution in [2.24, 2.45) is 5.14 Å². The molecule has 9 heteroatoms. The maximum absolute atomic E-state index is 13.3. The van der Waals surface area contributed by atoms with Crippen molar-refractivity contribution in [1.82, 2.24) is 4.98 Å². The van der Waals surface area contributed by atoms with Gasteiger partial charge < -0.3 is 5.11 Å². The van der Waals surface area contributed by atoms with Gasteiger partial charge in [-0.25, -0.2) is 13.6 Å². The van der Waals surface area contributed by atoms with Crippen LogP contribution in [0.25, 0.3) is 5.76 Å². The topological polar surface area (TPSA) is 131 Å². The van der Waals surface area contributed by atoms with Crippen LogP contribution in [-0.2, 0) is 32.5 Å². The van der Waals surface area contributed by atoms with Crippen molar-refractivity contribution in [3.63, 3.8) is 0 Å². The molecule has 1 amide bonds. The number of aliphatic hydroxyl groups is 1. The molecule has 1 fully saturated rings. The highest BCUT2D eigenvalue weighted by Gasteiger charge is 2.47. The first kappa shape index (κ1) is 22.9. The normalized spacial score (nSPS) is 19.6. The Morgan fingerprint density at radius 1 is 0.943 bits per heavy atom. The fourth-order valence-electron chi connectivity index (χ4n) is 4.79. The van der Waals surface area contributed by atoms with Crippen molar-refractivity contribution in [2.45, 2.75) is 36.6 Å². The van der Waals surface area contributed by atoms with Gasteiger partial charge in [-0.1, -0.05) is 12.1 Å². The molecule has 178 valence electrons. The molecule has 3 N–H and O–H groups in total. The lowest BCUT2D eigenvalue weighted by Crippen LogP contribution is -2.29. The predicted molar refractivity (Wildman–Crippen MR) is 130 cm³/mol. The second-order valence-electron chi connectivity index (χ2n) is 8.68. The SMILES string of the molecule is NS(=O)(=O)c1ccc(N2C(=O)C(=O)/C(=C(\O)c3ccc4c(c3)CCCC4)C2c2ccncc2)cc1. The number of ketones is 1. The number of anilines is 1. The Labute approximate surface area is 202 Å². The van der Waals surface area contributed by atoms with Crippen molar-refractivity contribution in [1.29, 1.82) is 0 Å². The van der Waals surface area contributed by atoms with Crippen molar-refractivity contribution >= 4 is 33.2 Å². The second kappa shape index (κ2) is 8.75. The highest BCUT2D eigenvalue weighted by Crippen LogP contribution is 2.42. The van der Waals surface area contributed by atoms with E-state index in [1.165, 1.54) is 34.7 Å². The molecule has 0 saturated carbocycles. The number of sulfonamides is 1. The zero-order valence-electron chi connectivity index (χ0n) is 18.7. The zero-order valence-corrected chi connectivity index (χ0v) is 19.5. The van der Waals surface area contributed by atoms with E-state index in [1.807, 2.05) is 12.1 Å². The number of nitrogens with two attached hydrogens (primary N) is 1. The molecule has 1 unspecified atom stereocenters. The van der Waals surface area contributed by atoms with E-state index in [1.54, 1.807) is 30.6 Å². The van der Waals surface area contributed by atoms with Crippen molar-refractivity contribution in [3.05, 3.63) is 94.8 Å². The number of benzene rings is 2. The summed E-state index contributed by atoms with van der Waals surface area (Å²) in [5.41, 5.74) is 3.68. The van der Waals surface area contributed by atoms with Crippen LogP contribution in [0.15, 0.2) is 77.5 Å². The number of amides is 1. The fraction of sp³-hybridized carbons (Fsp3) is 0.192. The summed E-state index contributed by atoms with van der Waals surface area (Å²) in [6, 6.07) is 13.4. The first-order valence-corrected chi connectivity index (χ1v) is 12.8. The summed E-state index contributed by atoms with van der Waals surface area (Å²) in [4.78, 5) is 31.6. The standard InChI is InChI=1S/C26H23N3O5S/c27-35(33,34)21-9-7-20(8-10-21)29-23(17-11-13-28-14-12-17)22(25(31)26(29)32)24(30)19-6-5-16-3-1-2-4-18(16)15-19/h5-15,23,30H,1-4H2,(H2,27,33,34)/b24-22-. The molecule has 0 radical (unpaired) electrons. The molecular weight excluding hydrogens is 466 g/mol. The molecule has 8 nitrogen and oxygen atoms in total. The van der Waals surface area contributed by atoms with Gasteiger partial charge in [-0.3, -0.25) is 19.5 Å². The van der Waals surface area contributed by atoms with Crippen molar-refractivity contribution in [3.8, 4) is 0 Å². The Morgan fingerprint density at radius 2 is 1.60 bits per heavy atom. The van der Waals surface area contributed by atoms with E-state index in [9.17, 15) is 23.1 Å². The van der Waals surface area contributed by atoms with Crippen LogP contribution < -0.4 is 10.0 Å². The summed E-state index contributed by atoms with van der Waals surface area (Å²) >= 11 is 0. The van der Waals surface area contributed by atoms with Crippen LogP contribution in [0.3, 0.4) is 0 Å². The minimum absolute atomic E-state index is 0.0347. The van der Waals surface area contributed by atoms with Crippen LogP contribution in [0.2, 0.25) is 0 Å². The number of carbonyl (C=O) groups is 2. The molecule has 0 spiro atoms. The molecule has 1 aliphatic heterocycles. The average Bonchev–Trinajstić information content (AvgIpc) is 3.13. The number of primary sulfonamides is 1. The van der Waals surface area contributed by atoms with Crippen LogP contribution in [0, 0.1) is 0 Å². The fourth-order valence-corrected chi connectivity index (χ4v) is 5.31. The van der Waals surface area contributed by atoms with Gasteiger partial charge in [0.15, 0.2) is 0 Å². The van der Waals surface area contributed by atoms with Gasteiger partial charge in [-0.15, -0.1) is 0 Å². The molecule has 1 atom stereocenters. The summed E-state index contributed by atoms with van der Waals surface area (Å²) in [5.74, 6) is -1.89. The van der Waals surface area contributed by atoms with E-state index in [4.69, 9.17) is 5.14 Å². The summed E-state index contributed by atoms with van der Waals surface area (Å²) in [6.07, 6.45) is 7.14. The van der Waals surface area contributed by atoms with E-state index in [2.05, 4.69) is 4.98 Å². The highest BCUT2D eigenvalue weighted by molar-refractivity contribution is 7.89. The van der Waals surface area contributed by atoms with Crippen molar-refractivity contribution in [2.75, 3.05) is 4.90 Å². The molecule has 1 saturated heterocycles. The number of Topliss-reactive ketones (excluding diaryl/α,β-unsaturated/α-hetero) is 1. The quantitative estimate of drug-likeness (QED) is 0.329. The maximum Gasteiger partial charge on any atom is 0.300 e. The Hall–Kier alpha value is -3.82. The molecule has 0 bridgehead atoms. The number of nitrogens with zero attached hydrogens (tertiary/aromatic N) is 2. The third kappa shape index (κ3) is 4.13. The third-order valence-electron chi connectivity index (χ3n) is 6.53. The van der Waals surface area contributed by atoms with E-state index in [-0.39, 0.29) is 16.2 Å². The van der Waals surface area contributed by atoms with Gasteiger partial charge in [0.1, 0.15) is 5.76 Å². The summed E-state index contributed by atoms with van der Waals surface area (Å²) in [7, 11) is -3.93. The number of fused-ring (bicyclic) bond motifs is 1. The van der Waals surface area contributed by atoms with E-state index < -0.39 is 27.8 Å². The lowest BCUT2D eigenvalue weighted by molar-refractivity contribution is -0.132.